The van der Waals surface area contributed by atoms with E-state index in [0.717, 1.165) is 32.2 Å². The molecule has 2 rings (SSSR count). The minimum atomic E-state index is -0.286. The van der Waals surface area contributed by atoms with Crippen LogP contribution in [-0.2, 0) is 0 Å². The first-order valence-corrected chi connectivity index (χ1v) is 4.41. The molecular weight excluding hydrogens is 142 g/mol. The summed E-state index contributed by atoms with van der Waals surface area (Å²) < 4.78 is 0. The van der Waals surface area contributed by atoms with Gasteiger partial charge in [-0.2, -0.15) is 0 Å². The Morgan fingerprint density at radius 1 is 1.09 bits per heavy atom. The number of nitrogens with zero attached hydrogens (tertiary/aromatic N) is 1. The van der Waals surface area contributed by atoms with Crippen molar-refractivity contribution in [3.05, 3.63) is 0 Å². The maximum atomic E-state index is 9.54. The maximum absolute atomic E-state index is 9.54. The Hall–Kier alpha value is -0.120. The molecule has 2 saturated heterocycles. The molecule has 0 amide bonds. The molecule has 0 aromatic heterocycles. The number of aliphatic hydroxyl groups excluding tert-OH is 2. The fourth-order valence-corrected chi connectivity index (χ4v) is 2.28. The lowest BCUT2D eigenvalue weighted by atomic mass is 9.98. The monoisotopic (exact) mass is 157 g/mol. The summed E-state index contributed by atoms with van der Waals surface area (Å²) >= 11 is 0. The number of piperidine rings is 1. The van der Waals surface area contributed by atoms with E-state index in [0.29, 0.717) is 0 Å². The van der Waals surface area contributed by atoms with E-state index in [1.54, 1.807) is 0 Å². The Morgan fingerprint density at radius 3 is 2.64 bits per heavy atom. The highest BCUT2D eigenvalue weighted by Gasteiger charge is 2.38. The second kappa shape index (κ2) is 2.73. The number of hydrogen-bond acceptors (Lipinski definition) is 3. The van der Waals surface area contributed by atoms with Gasteiger partial charge in [-0.3, -0.25) is 4.90 Å². The molecule has 2 aliphatic heterocycles. The Labute approximate surface area is 66.6 Å². The quantitative estimate of drug-likeness (QED) is 0.517. The average Bonchev–Trinajstić information content (AvgIpc) is 2.45. The van der Waals surface area contributed by atoms with Gasteiger partial charge < -0.3 is 10.2 Å². The molecule has 0 aliphatic carbocycles. The number of aliphatic hydroxyl groups is 2. The molecule has 0 saturated carbocycles. The van der Waals surface area contributed by atoms with E-state index in [-0.39, 0.29) is 18.4 Å². The highest BCUT2D eigenvalue weighted by Crippen LogP contribution is 2.29. The Bertz CT molecular complexity index is 135. The summed E-state index contributed by atoms with van der Waals surface area (Å²) in [5.41, 5.74) is 0. The lowest BCUT2D eigenvalue weighted by molar-refractivity contribution is -0.0849. The van der Waals surface area contributed by atoms with Crippen LogP contribution in [0.4, 0.5) is 0 Å². The van der Waals surface area contributed by atoms with E-state index >= 15 is 0 Å². The Morgan fingerprint density at radius 2 is 1.91 bits per heavy atom. The highest BCUT2D eigenvalue weighted by molar-refractivity contribution is 4.90. The Balaban J connectivity index is 2.08. The van der Waals surface area contributed by atoms with Crippen LogP contribution in [0.25, 0.3) is 0 Å². The van der Waals surface area contributed by atoms with Crippen LogP contribution in [0, 0.1) is 0 Å². The third-order valence-electron chi connectivity index (χ3n) is 2.89. The number of fused-ring (bicyclic) bond motifs is 1. The van der Waals surface area contributed by atoms with Crippen LogP contribution < -0.4 is 0 Å². The summed E-state index contributed by atoms with van der Waals surface area (Å²) in [4.78, 5) is 2.04. The largest absolute Gasteiger partial charge is 0.391 e. The van der Waals surface area contributed by atoms with Crippen molar-refractivity contribution in [1.82, 2.24) is 4.90 Å². The van der Waals surface area contributed by atoms with E-state index < -0.39 is 0 Å². The van der Waals surface area contributed by atoms with Crippen LogP contribution in [0.15, 0.2) is 0 Å². The Kier molecular flexibility index (Phi) is 1.87. The van der Waals surface area contributed by atoms with Gasteiger partial charge in [-0.05, 0) is 25.7 Å². The molecule has 3 heteroatoms. The zero-order chi connectivity index (χ0) is 7.84. The molecule has 0 bridgehead atoms. The molecular formula is C8H15NO2. The second-order valence-electron chi connectivity index (χ2n) is 3.57. The summed E-state index contributed by atoms with van der Waals surface area (Å²) in [5, 5.41) is 19.1. The molecule has 64 valence electrons. The van der Waals surface area contributed by atoms with Crippen molar-refractivity contribution in [2.75, 3.05) is 6.54 Å². The molecule has 0 aromatic carbocycles. The molecule has 2 N–H and O–H groups in total. The summed E-state index contributed by atoms with van der Waals surface area (Å²) in [6.07, 6.45) is 3.20. The van der Waals surface area contributed by atoms with Gasteiger partial charge in [0.1, 0.15) is 6.23 Å². The van der Waals surface area contributed by atoms with Gasteiger partial charge in [0.05, 0.1) is 6.10 Å². The van der Waals surface area contributed by atoms with Gasteiger partial charge in [0.2, 0.25) is 0 Å². The van der Waals surface area contributed by atoms with Gasteiger partial charge in [-0.15, -0.1) is 0 Å². The maximum Gasteiger partial charge on any atom is 0.107 e. The first-order chi connectivity index (χ1) is 5.29. The molecule has 3 atom stereocenters. The minimum absolute atomic E-state index is 0.194. The third-order valence-corrected chi connectivity index (χ3v) is 2.89. The predicted molar refractivity (Wildman–Crippen MR) is 41.0 cm³/mol. The van der Waals surface area contributed by atoms with Crippen molar-refractivity contribution in [1.29, 1.82) is 0 Å². The molecule has 0 aromatic rings. The van der Waals surface area contributed by atoms with Crippen LogP contribution in [0.2, 0.25) is 0 Å². The lowest BCUT2D eigenvalue weighted by Crippen LogP contribution is -2.49. The van der Waals surface area contributed by atoms with Crippen LogP contribution in [0.5, 0.6) is 0 Å². The topological polar surface area (TPSA) is 43.7 Å². The van der Waals surface area contributed by atoms with Crippen molar-refractivity contribution in [2.24, 2.45) is 0 Å². The standard InChI is InChI=1S/C8H15NO2/c10-7-3-4-8(11)9-5-1-2-6(7)9/h6-8,10-11H,1-5H2. The molecule has 0 radical (unpaired) electrons. The van der Waals surface area contributed by atoms with E-state index in [1.807, 2.05) is 4.90 Å². The van der Waals surface area contributed by atoms with Crippen molar-refractivity contribution in [3.63, 3.8) is 0 Å². The first-order valence-electron chi connectivity index (χ1n) is 4.41. The van der Waals surface area contributed by atoms with Gasteiger partial charge in [-0.25, -0.2) is 0 Å². The van der Waals surface area contributed by atoms with Gasteiger partial charge in [0.15, 0.2) is 0 Å². The van der Waals surface area contributed by atoms with E-state index in [1.165, 1.54) is 0 Å². The lowest BCUT2D eigenvalue weighted by Gasteiger charge is -2.37. The van der Waals surface area contributed by atoms with Crippen LogP contribution in [0.1, 0.15) is 25.7 Å². The molecule has 2 fully saturated rings. The van der Waals surface area contributed by atoms with Gasteiger partial charge in [0.25, 0.3) is 0 Å². The van der Waals surface area contributed by atoms with Gasteiger partial charge in [0, 0.05) is 12.6 Å². The SMILES string of the molecule is OC1CCC(O)N2CCCC12. The van der Waals surface area contributed by atoms with Gasteiger partial charge >= 0.3 is 0 Å². The summed E-state index contributed by atoms with van der Waals surface area (Å²) in [5.74, 6) is 0. The minimum Gasteiger partial charge on any atom is -0.391 e. The third kappa shape index (κ3) is 1.17. The average molecular weight is 157 g/mol. The zero-order valence-corrected chi connectivity index (χ0v) is 6.61. The van der Waals surface area contributed by atoms with Gasteiger partial charge in [-0.1, -0.05) is 0 Å². The zero-order valence-electron chi connectivity index (χ0n) is 6.61. The van der Waals surface area contributed by atoms with Crippen LogP contribution in [0.3, 0.4) is 0 Å². The summed E-state index contributed by atoms with van der Waals surface area (Å²) in [6, 6.07) is 0.249. The molecule has 0 spiro atoms. The van der Waals surface area contributed by atoms with Crippen LogP contribution in [-0.4, -0.2) is 40.0 Å². The van der Waals surface area contributed by atoms with E-state index in [2.05, 4.69) is 0 Å². The summed E-state index contributed by atoms with van der Waals surface area (Å²) in [6.45, 7) is 0.961. The molecule has 2 heterocycles. The fraction of sp³-hybridized carbons (Fsp3) is 1.00. The van der Waals surface area contributed by atoms with E-state index in [4.69, 9.17) is 0 Å². The van der Waals surface area contributed by atoms with Crippen molar-refractivity contribution in [3.8, 4) is 0 Å². The number of rotatable bonds is 0. The predicted octanol–water partition coefficient (Wildman–Crippen LogP) is -0.0761. The smallest absolute Gasteiger partial charge is 0.107 e. The highest BCUT2D eigenvalue weighted by atomic mass is 16.3. The second-order valence-corrected chi connectivity index (χ2v) is 3.57. The van der Waals surface area contributed by atoms with Crippen molar-refractivity contribution >= 4 is 0 Å². The molecule has 3 unspecified atom stereocenters. The number of hydrogen-bond donors (Lipinski definition) is 2. The first kappa shape index (κ1) is 7.53. The summed E-state index contributed by atoms with van der Waals surface area (Å²) in [7, 11) is 0. The molecule has 2 aliphatic rings. The van der Waals surface area contributed by atoms with E-state index in [9.17, 15) is 10.2 Å². The molecule has 3 nitrogen and oxygen atoms in total. The van der Waals surface area contributed by atoms with Crippen LogP contribution >= 0.6 is 0 Å². The molecule has 11 heavy (non-hydrogen) atoms. The normalized spacial score (nSPS) is 45.8. The fourth-order valence-electron chi connectivity index (χ4n) is 2.28. The van der Waals surface area contributed by atoms with Crippen molar-refractivity contribution in [2.45, 2.75) is 44.1 Å². The van der Waals surface area contributed by atoms with Crippen molar-refractivity contribution < 1.29 is 10.2 Å².